The van der Waals surface area contributed by atoms with E-state index in [2.05, 4.69) is 38.0 Å². The summed E-state index contributed by atoms with van der Waals surface area (Å²) >= 11 is 1.79. The molecule has 0 amide bonds. The van der Waals surface area contributed by atoms with Gasteiger partial charge in [-0.25, -0.2) is 4.98 Å². The Morgan fingerprint density at radius 2 is 2.17 bits per heavy atom. The van der Waals surface area contributed by atoms with E-state index in [4.69, 9.17) is 5.11 Å². The molecule has 1 aromatic heterocycles. The molecule has 0 spiro atoms. The Hall–Kier alpha value is -0.450. The van der Waals surface area contributed by atoms with Crippen molar-refractivity contribution in [1.82, 2.24) is 10.3 Å². The smallest absolute Gasteiger partial charge is 0.0981 e. The summed E-state index contributed by atoms with van der Waals surface area (Å²) in [6.07, 6.45) is 3.98. The van der Waals surface area contributed by atoms with Crippen LogP contribution in [0.1, 0.15) is 50.4 Å². The van der Waals surface area contributed by atoms with Gasteiger partial charge in [-0.15, -0.1) is 11.3 Å². The maximum Gasteiger partial charge on any atom is 0.0981 e. The number of aromatic nitrogens is 1. The van der Waals surface area contributed by atoms with Crippen LogP contribution in [0.25, 0.3) is 0 Å². The molecule has 18 heavy (non-hydrogen) atoms. The molecule has 0 aliphatic heterocycles. The van der Waals surface area contributed by atoms with E-state index in [-0.39, 0.29) is 12.0 Å². The molecule has 0 saturated carbocycles. The summed E-state index contributed by atoms with van der Waals surface area (Å²) in [5.41, 5.74) is 0.145. The first kappa shape index (κ1) is 15.6. The summed E-state index contributed by atoms with van der Waals surface area (Å²) in [6, 6.07) is 0. The number of thiazole rings is 1. The van der Waals surface area contributed by atoms with Crippen LogP contribution in [-0.4, -0.2) is 23.2 Å². The second kappa shape index (κ2) is 7.22. The van der Waals surface area contributed by atoms with E-state index in [0.717, 1.165) is 25.9 Å². The largest absolute Gasteiger partial charge is 0.396 e. The van der Waals surface area contributed by atoms with Crippen molar-refractivity contribution in [3.63, 3.8) is 0 Å². The third kappa shape index (κ3) is 5.04. The Kier molecular flexibility index (Phi) is 6.26. The van der Waals surface area contributed by atoms with Crippen molar-refractivity contribution < 1.29 is 5.11 Å². The predicted molar refractivity (Wildman–Crippen MR) is 78.0 cm³/mol. The number of hydrogen-bond donors (Lipinski definition) is 2. The first-order valence-electron chi connectivity index (χ1n) is 6.74. The Morgan fingerprint density at radius 1 is 1.44 bits per heavy atom. The van der Waals surface area contributed by atoms with E-state index in [1.807, 2.05) is 6.20 Å². The number of hydrogen-bond acceptors (Lipinski definition) is 4. The van der Waals surface area contributed by atoms with Crippen LogP contribution in [0.15, 0.2) is 6.20 Å². The molecule has 1 rings (SSSR count). The highest BCUT2D eigenvalue weighted by atomic mass is 32.1. The van der Waals surface area contributed by atoms with Crippen LogP contribution in [0.5, 0.6) is 0 Å². The average molecular weight is 270 g/mol. The molecule has 0 aliphatic rings. The van der Waals surface area contributed by atoms with Gasteiger partial charge >= 0.3 is 0 Å². The summed E-state index contributed by atoms with van der Waals surface area (Å²) in [6.45, 7) is 10.9. The number of nitrogens with zero attached hydrogens (tertiary/aromatic N) is 1. The van der Waals surface area contributed by atoms with Crippen molar-refractivity contribution in [3.05, 3.63) is 16.1 Å². The molecule has 0 aliphatic carbocycles. The second-order valence-corrected chi connectivity index (χ2v) is 6.91. The highest BCUT2D eigenvalue weighted by Gasteiger charge is 2.17. The lowest BCUT2D eigenvalue weighted by Crippen LogP contribution is -2.22. The van der Waals surface area contributed by atoms with Crippen molar-refractivity contribution in [1.29, 1.82) is 0 Å². The Balaban J connectivity index is 2.37. The second-order valence-electron chi connectivity index (χ2n) is 5.80. The van der Waals surface area contributed by atoms with Gasteiger partial charge in [-0.05, 0) is 18.9 Å². The van der Waals surface area contributed by atoms with E-state index < -0.39 is 0 Å². The van der Waals surface area contributed by atoms with Gasteiger partial charge in [-0.1, -0.05) is 34.1 Å². The molecular formula is C14H26N2OS. The van der Waals surface area contributed by atoms with E-state index in [0.29, 0.717) is 5.92 Å². The number of rotatable bonds is 7. The minimum atomic E-state index is 0.145. The molecule has 2 N–H and O–H groups in total. The van der Waals surface area contributed by atoms with Crippen molar-refractivity contribution >= 4 is 11.3 Å². The third-order valence-corrected chi connectivity index (χ3v) is 4.47. The first-order valence-corrected chi connectivity index (χ1v) is 7.55. The fraction of sp³-hybridized carbons (Fsp3) is 0.786. The molecule has 0 saturated heterocycles. The fourth-order valence-corrected chi connectivity index (χ4v) is 2.71. The molecule has 1 atom stereocenters. The lowest BCUT2D eigenvalue weighted by atomic mass is 9.98. The summed E-state index contributed by atoms with van der Waals surface area (Å²) in [4.78, 5) is 5.77. The zero-order valence-electron chi connectivity index (χ0n) is 12.0. The topological polar surface area (TPSA) is 45.1 Å². The van der Waals surface area contributed by atoms with Crippen molar-refractivity contribution in [2.24, 2.45) is 5.92 Å². The minimum absolute atomic E-state index is 0.145. The molecule has 1 aromatic rings. The molecule has 3 nitrogen and oxygen atoms in total. The molecule has 4 heteroatoms. The lowest BCUT2D eigenvalue weighted by molar-refractivity contribution is 0.251. The number of nitrogens with one attached hydrogen (secondary N) is 1. The molecule has 1 heterocycles. The van der Waals surface area contributed by atoms with Crippen molar-refractivity contribution in [2.45, 2.75) is 52.5 Å². The standard InChI is InChI=1S/C14H26N2OS/c1-5-11(6-7-17)8-15-9-12-10-16-13(18-12)14(2,3)4/h10-11,15,17H,5-9H2,1-4H3/t11-/m1/s1. The first-order chi connectivity index (χ1) is 8.47. The van der Waals surface area contributed by atoms with Gasteiger partial charge in [0.2, 0.25) is 0 Å². The van der Waals surface area contributed by atoms with Gasteiger partial charge in [0, 0.05) is 29.6 Å². The fourth-order valence-electron chi connectivity index (χ4n) is 1.77. The zero-order chi connectivity index (χ0) is 13.6. The minimum Gasteiger partial charge on any atom is -0.396 e. The lowest BCUT2D eigenvalue weighted by Gasteiger charge is -2.14. The normalized spacial score (nSPS) is 13.8. The third-order valence-electron chi connectivity index (χ3n) is 3.04. The molecule has 0 aromatic carbocycles. The number of aliphatic hydroxyl groups excluding tert-OH is 1. The van der Waals surface area contributed by atoms with Gasteiger partial charge in [0.1, 0.15) is 0 Å². The van der Waals surface area contributed by atoms with Gasteiger partial charge < -0.3 is 10.4 Å². The maximum absolute atomic E-state index is 8.94. The van der Waals surface area contributed by atoms with E-state index in [1.54, 1.807) is 11.3 Å². The van der Waals surface area contributed by atoms with Crippen LogP contribution < -0.4 is 5.32 Å². The maximum atomic E-state index is 8.94. The van der Waals surface area contributed by atoms with Gasteiger partial charge in [-0.3, -0.25) is 0 Å². The zero-order valence-corrected chi connectivity index (χ0v) is 12.8. The summed E-state index contributed by atoms with van der Waals surface area (Å²) in [7, 11) is 0. The van der Waals surface area contributed by atoms with Crippen molar-refractivity contribution in [2.75, 3.05) is 13.2 Å². The highest BCUT2D eigenvalue weighted by molar-refractivity contribution is 7.11. The van der Waals surface area contributed by atoms with E-state index in [1.165, 1.54) is 9.88 Å². The SMILES string of the molecule is CC[C@H](CCO)CNCc1cnc(C(C)(C)C)s1. The highest BCUT2D eigenvalue weighted by Crippen LogP contribution is 2.26. The summed E-state index contributed by atoms with van der Waals surface area (Å²) < 4.78 is 0. The van der Waals surface area contributed by atoms with Crippen LogP contribution in [-0.2, 0) is 12.0 Å². The molecule has 104 valence electrons. The van der Waals surface area contributed by atoms with Crippen LogP contribution in [0.4, 0.5) is 0 Å². The average Bonchev–Trinajstić information content (AvgIpc) is 2.76. The molecule has 0 unspecified atom stereocenters. The Labute approximate surface area is 115 Å². The van der Waals surface area contributed by atoms with Gasteiger partial charge in [-0.2, -0.15) is 0 Å². The van der Waals surface area contributed by atoms with Gasteiger partial charge in [0.15, 0.2) is 0 Å². The predicted octanol–water partition coefficient (Wildman–Crippen LogP) is 2.94. The Bertz CT molecular complexity index is 344. The molecule has 0 radical (unpaired) electrons. The Morgan fingerprint density at radius 3 is 2.67 bits per heavy atom. The van der Waals surface area contributed by atoms with Gasteiger partial charge in [0.25, 0.3) is 0 Å². The molecule has 0 fully saturated rings. The van der Waals surface area contributed by atoms with E-state index >= 15 is 0 Å². The van der Waals surface area contributed by atoms with Crippen LogP contribution in [0.2, 0.25) is 0 Å². The monoisotopic (exact) mass is 270 g/mol. The van der Waals surface area contributed by atoms with E-state index in [9.17, 15) is 0 Å². The van der Waals surface area contributed by atoms with Crippen LogP contribution >= 0.6 is 11.3 Å². The van der Waals surface area contributed by atoms with Gasteiger partial charge in [0.05, 0.1) is 5.01 Å². The van der Waals surface area contributed by atoms with Crippen molar-refractivity contribution in [3.8, 4) is 0 Å². The summed E-state index contributed by atoms with van der Waals surface area (Å²) in [5, 5.41) is 13.6. The summed E-state index contributed by atoms with van der Waals surface area (Å²) in [5.74, 6) is 0.574. The molecular weight excluding hydrogens is 244 g/mol. The van der Waals surface area contributed by atoms with Crippen LogP contribution in [0, 0.1) is 5.92 Å². The quantitative estimate of drug-likeness (QED) is 0.800. The molecule has 0 bridgehead atoms. The number of aliphatic hydroxyl groups is 1. The van der Waals surface area contributed by atoms with Crippen LogP contribution in [0.3, 0.4) is 0 Å².